The summed E-state index contributed by atoms with van der Waals surface area (Å²) < 4.78 is 27.7. The number of sulfonamides is 1. The Bertz CT molecular complexity index is 1230. The molecule has 9 heteroatoms. The van der Waals surface area contributed by atoms with Crippen LogP contribution in [0, 0.1) is 0 Å². The molecule has 1 saturated carbocycles. The molecule has 0 spiro atoms. The van der Waals surface area contributed by atoms with Crippen LogP contribution in [0.2, 0.25) is 0 Å². The van der Waals surface area contributed by atoms with Gasteiger partial charge in [-0.3, -0.25) is 14.6 Å². The summed E-state index contributed by atoms with van der Waals surface area (Å²) in [5.41, 5.74) is 1.52. The van der Waals surface area contributed by atoms with E-state index in [9.17, 15) is 18.0 Å². The SMILES string of the molecule is O=C(N[C@@H](Cc1ccccc1)C(=O)Nc1ccc(S(=O)(=O)NC2CCC2)cc1)c1ccccn1. The minimum absolute atomic E-state index is 0.00848. The van der Waals surface area contributed by atoms with Gasteiger partial charge in [0.1, 0.15) is 11.7 Å². The third kappa shape index (κ3) is 6.06. The summed E-state index contributed by atoms with van der Waals surface area (Å²) in [6, 6.07) is 19.4. The minimum atomic E-state index is -3.60. The number of aromatic nitrogens is 1. The van der Waals surface area contributed by atoms with Gasteiger partial charge in [0, 0.05) is 24.3 Å². The molecule has 0 aliphatic heterocycles. The van der Waals surface area contributed by atoms with Crippen molar-refractivity contribution >= 4 is 27.5 Å². The Balaban J connectivity index is 1.46. The van der Waals surface area contributed by atoms with Crippen LogP contribution < -0.4 is 15.4 Å². The normalized spacial score (nSPS) is 14.6. The van der Waals surface area contributed by atoms with Crippen LogP contribution in [0.5, 0.6) is 0 Å². The van der Waals surface area contributed by atoms with E-state index in [1.165, 1.54) is 30.5 Å². The Morgan fingerprint density at radius 3 is 2.26 bits per heavy atom. The predicted octanol–water partition coefficient (Wildman–Crippen LogP) is 2.89. The second-order valence-corrected chi connectivity index (χ2v) is 9.91. The van der Waals surface area contributed by atoms with Crippen LogP contribution in [0.3, 0.4) is 0 Å². The van der Waals surface area contributed by atoms with E-state index in [-0.39, 0.29) is 23.1 Å². The van der Waals surface area contributed by atoms with Crippen molar-refractivity contribution in [2.24, 2.45) is 0 Å². The van der Waals surface area contributed by atoms with Crippen LogP contribution in [0.4, 0.5) is 5.69 Å². The van der Waals surface area contributed by atoms with Crippen LogP contribution in [0.1, 0.15) is 35.3 Å². The molecule has 2 amide bonds. The van der Waals surface area contributed by atoms with Crippen molar-refractivity contribution in [1.82, 2.24) is 15.0 Å². The summed E-state index contributed by atoms with van der Waals surface area (Å²) in [6.07, 6.45) is 4.51. The van der Waals surface area contributed by atoms with Gasteiger partial charge < -0.3 is 10.6 Å². The Morgan fingerprint density at radius 1 is 0.941 bits per heavy atom. The molecule has 1 atom stereocenters. The van der Waals surface area contributed by atoms with Gasteiger partial charge in [-0.2, -0.15) is 0 Å². The number of carbonyl (C=O) groups is 2. The Kier molecular flexibility index (Phi) is 7.34. The molecule has 1 fully saturated rings. The molecule has 0 unspecified atom stereocenters. The fourth-order valence-electron chi connectivity index (χ4n) is 3.55. The van der Waals surface area contributed by atoms with Gasteiger partial charge in [0.15, 0.2) is 0 Å². The largest absolute Gasteiger partial charge is 0.339 e. The van der Waals surface area contributed by atoms with Crippen LogP contribution in [-0.4, -0.2) is 37.3 Å². The first-order chi connectivity index (χ1) is 16.4. The molecular formula is C25H26N4O4S. The highest BCUT2D eigenvalue weighted by atomic mass is 32.2. The van der Waals surface area contributed by atoms with E-state index >= 15 is 0 Å². The van der Waals surface area contributed by atoms with Crippen molar-refractivity contribution in [1.29, 1.82) is 0 Å². The first-order valence-corrected chi connectivity index (χ1v) is 12.6. The molecular weight excluding hydrogens is 452 g/mol. The lowest BCUT2D eigenvalue weighted by Gasteiger charge is -2.26. The number of nitrogens with zero attached hydrogens (tertiary/aromatic N) is 1. The summed E-state index contributed by atoms with van der Waals surface area (Å²) in [7, 11) is -3.60. The molecule has 34 heavy (non-hydrogen) atoms. The van der Waals surface area contributed by atoms with E-state index in [2.05, 4.69) is 20.3 Å². The highest BCUT2D eigenvalue weighted by Crippen LogP contribution is 2.22. The number of hydrogen-bond donors (Lipinski definition) is 3. The van der Waals surface area contributed by atoms with E-state index in [0.717, 1.165) is 24.8 Å². The zero-order valence-corrected chi connectivity index (χ0v) is 19.3. The zero-order valence-electron chi connectivity index (χ0n) is 18.5. The van der Waals surface area contributed by atoms with Crippen LogP contribution in [0.25, 0.3) is 0 Å². The quantitative estimate of drug-likeness (QED) is 0.437. The average Bonchev–Trinajstić information content (AvgIpc) is 2.82. The summed E-state index contributed by atoms with van der Waals surface area (Å²) in [4.78, 5) is 29.9. The van der Waals surface area contributed by atoms with Gasteiger partial charge in [-0.1, -0.05) is 42.8 Å². The number of amides is 2. The molecule has 4 rings (SSSR count). The number of hydrogen-bond acceptors (Lipinski definition) is 5. The van der Waals surface area contributed by atoms with Crippen molar-refractivity contribution in [2.75, 3.05) is 5.32 Å². The predicted molar refractivity (Wildman–Crippen MR) is 129 cm³/mol. The van der Waals surface area contributed by atoms with Crippen LogP contribution in [-0.2, 0) is 21.2 Å². The lowest BCUT2D eigenvalue weighted by atomic mass is 9.94. The molecule has 1 heterocycles. The molecule has 2 aromatic carbocycles. The maximum Gasteiger partial charge on any atom is 0.270 e. The van der Waals surface area contributed by atoms with Crippen molar-refractivity contribution in [3.8, 4) is 0 Å². The maximum absolute atomic E-state index is 13.1. The Labute approximate surface area is 198 Å². The topological polar surface area (TPSA) is 117 Å². The number of nitrogens with one attached hydrogen (secondary N) is 3. The van der Waals surface area contributed by atoms with Gasteiger partial charge >= 0.3 is 0 Å². The zero-order chi connectivity index (χ0) is 24.0. The van der Waals surface area contributed by atoms with Gasteiger partial charge in [0.05, 0.1) is 4.90 Å². The fraction of sp³-hybridized carbons (Fsp3) is 0.240. The van der Waals surface area contributed by atoms with E-state index < -0.39 is 27.9 Å². The molecule has 3 N–H and O–H groups in total. The minimum Gasteiger partial charge on any atom is -0.339 e. The van der Waals surface area contributed by atoms with Gasteiger partial charge in [0.2, 0.25) is 15.9 Å². The third-order valence-electron chi connectivity index (χ3n) is 5.66. The van der Waals surface area contributed by atoms with Crippen molar-refractivity contribution in [3.05, 3.63) is 90.3 Å². The van der Waals surface area contributed by atoms with Gasteiger partial charge in [-0.15, -0.1) is 0 Å². The summed E-state index contributed by atoms with van der Waals surface area (Å²) in [5, 5.41) is 5.52. The molecule has 0 saturated heterocycles. The molecule has 176 valence electrons. The first-order valence-electron chi connectivity index (χ1n) is 11.1. The van der Waals surface area contributed by atoms with E-state index in [1.54, 1.807) is 18.2 Å². The number of rotatable bonds is 9. The van der Waals surface area contributed by atoms with E-state index in [0.29, 0.717) is 5.69 Å². The van der Waals surface area contributed by atoms with Crippen LogP contribution >= 0.6 is 0 Å². The van der Waals surface area contributed by atoms with Crippen molar-refractivity contribution in [2.45, 2.75) is 42.7 Å². The number of carbonyl (C=O) groups excluding carboxylic acids is 2. The van der Waals surface area contributed by atoms with Gasteiger partial charge in [0.25, 0.3) is 5.91 Å². The summed E-state index contributed by atoms with van der Waals surface area (Å²) in [6.45, 7) is 0. The second-order valence-electron chi connectivity index (χ2n) is 8.19. The molecule has 1 aromatic heterocycles. The maximum atomic E-state index is 13.1. The summed E-state index contributed by atoms with van der Waals surface area (Å²) in [5.74, 6) is -0.878. The van der Waals surface area contributed by atoms with E-state index in [1.807, 2.05) is 30.3 Å². The van der Waals surface area contributed by atoms with Gasteiger partial charge in [-0.25, -0.2) is 13.1 Å². The smallest absolute Gasteiger partial charge is 0.270 e. The van der Waals surface area contributed by atoms with Crippen molar-refractivity contribution in [3.63, 3.8) is 0 Å². The lowest BCUT2D eigenvalue weighted by molar-refractivity contribution is -0.118. The number of pyridine rings is 1. The molecule has 1 aliphatic carbocycles. The monoisotopic (exact) mass is 478 g/mol. The Morgan fingerprint density at radius 2 is 1.65 bits per heavy atom. The molecule has 0 radical (unpaired) electrons. The molecule has 8 nitrogen and oxygen atoms in total. The first kappa shape index (κ1) is 23.6. The highest BCUT2D eigenvalue weighted by Gasteiger charge is 2.25. The highest BCUT2D eigenvalue weighted by molar-refractivity contribution is 7.89. The molecule has 1 aliphatic rings. The number of benzene rings is 2. The summed E-state index contributed by atoms with van der Waals surface area (Å²) >= 11 is 0. The second kappa shape index (κ2) is 10.6. The van der Waals surface area contributed by atoms with Crippen LogP contribution in [0.15, 0.2) is 83.9 Å². The third-order valence-corrected chi connectivity index (χ3v) is 7.20. The fourth-order valence-corrected chi connectivity index (χ4v) is 4.85. The number of anilines is 1. The standard InChI is InChI=1S/C25H26N4O4S/c30-24(22-11-4-5-16-26-22)28-23(17-18-7-2-1-3-8-18)25(31)27-19-12-14-21(15-13-19)34(32,33)29-20-9-6-10-20/h1-5,7-8,11-16,20,23,29H,6,9-10,17H2,(H,27,31)(H,28,30)/t23-/m0/s1. The Hall–Kier alpha value is -3.56. The molecule has 0 bridgehead atoms. The van der Waals surface area contributed by atoms with Crippen molar-refractivity contribution < 1.29 is 18.0 Å². The molecule has 3 aromatic rings. The average molecular weight is 479 g/mol. The lowest BCUT2D eigenvalue weighted by Crippen LogP contribution is -2.45. The van der Waals surface area contributed by atoms with Gasteiger partial charge in [-0.05, 0) is 54.8 Å². The van der Waals surface area contributed by atoms with E-state index in [4.69, 9.17) is 0 Å².